The third kappa shape index (κ3) is 2.16. The summed E-state index contributed by atoms with van der Waals surface area (Å²) < 4.78 is 1.81. The standard InChI is InChI=1S/C9H10N8S/c10-8(11)6-3-13-7(4-12-6)18-9-14-15-16-17(9)5-1-2-5/h3-5H,1-2H2,(H3,10,11). The summed E-state index contributed by atoms with van der Waals surface area (Å²) in [7, 11) is 0. The minimum absolute atomic E-state index is 0.0955. The maximum Gasteiger partial charge on any atom is 0.215 e. The van der Waals surface area contributed by atoms with Gasteiger partial charge < -0.3 is 5.73 Å². The predicted octanol–water partition coefficient (Wildman–Crippen LogP) is 0.233. The number of hydrogen-bond acceptors (Lipinski definition) is 7. The van der Waals surface area contributed by atoms with Crippen LogP contribution < -0.4 is 5.73 Å². The van der Waals surface area contributed by atoms with Crippen molar-refractivity contribution < 1.29 is 0 Å². The van der Waals surface area contributed by atoms with Crippen LogP contribution in [0, 0.1) is 5.41 Å². The normalized spacial score (nSPS) is 14.7. The molecule has 18 heavy (non-hydrogen) atoms. The molecule has 0 radical (unpaired) electrons. The second-order valence-electron chi connectivity index (χ2n) is 3.89. The van der Waals surface area contributed by atoms with Crippen molar-refractivity contribution in [3.8, 4) is 0 Å². The maximum absolute atomic E-state index is 7.23. The van der Waals surface area contributed by atoms with E-state index in [2.05, 4.69) is 25.5 Å². The number of nitrogen functional groups attached to an aromatic ring is 1. The Labute approximate surface area is 107 Å². The molecule has 3 rings (SSSR count). The highest BCUT2D eigenvalue weighted by atomic mass is 32.2. The third-order valence-corrected chi connectivity index (χ3v) is 3.33. The Morgan fingerprint density at radius 2 is 2.22 bits per heavy atom. The topological polar surface area (TPSA) is 119 Å². The number of tetrazole rings is 1. The first kappa shape index (κ1) is 11.1. The monoisotopic (exact) mass is 262 g/mol. The zero-order valence-electron chi connectivity index (χ0n) is 9.32. The molecule has 1 aliphatic rings. The van der Waals surface area contributed by atoms with Gasteiger partial charge in [-0.05, 0) is 35.0 Å². The van der Waals surface area contributed by atoms with E-state index in [4.69, 9.17) is 11.1 Å². The lowest BCUT2D eigenvalue weighted by Crippen LogP contribution is -2.13. The van der Waals surface area contributed by atoms with Crippen molar-refractivity contribution in [1.29, 1.82) is 5.41 Å². The lowest BCUT2D eigenvalue weighted by Gasteiger charge is -2.01. The molecule has 0 bridgehead atoms. The van der Waals surface area contributed by atoms with Crippen molar-refractivity contribution in [3.05, 3.63) is 18.1 Å². The summed E-state index contributed by atoms with van der Waals surface area (Å²) >= 11 is 1.35. The van der Waals surface area contributed by atoms with Gasteiger partial charge in [-0.2, -0.15) is 0 Å². The van der Waals surface area contributed by atoms with Gasteiger partial charge in [0.15, 0.2) is 0 Å². The molecule has 9 heteroatoms. The Bertz CT molecular complexity index is 573. The molecule has 0 aromatic carbocycles. The zero-order valence-corrected chi connectivity index (χ0v) is 10.1. The van der Waals surface area contributed by atoms with Gasteiger partial charge in [-0.25, -0.2) is 14.6 Å². The van der Waals surface area contributed by atoms with Crippen molar-refractivity contribution in [2.24, 2.45) is 5.73 Å². The van der Waals surface area contributed by atoms with E-state index in [-0.39, 0.29) is 5.84 Å². The number of rotatable bonds is 4. The van der Waals surface area contributed by atoms with Gasteiger partial charge in [0.1, 0.15) is 16.6 Å². The highest BCUT2D eigenvalue weighted by molar-refractivity contribution is 7.99. The van der Waals surface area contributed by atoms with Crippen molar-refractivity contribution in [2.75, 3.05) is 0 Å². The molecule has 8 nitrogen and oxygen atoms in total. The van der Waals surface area contributed by atoms with Gasteiger partial charge in [-0.1, -0.05) is 0 Å². The second kappa shape index (κ2) is 4.33. The molecule has 0 spiro atoms. The number of nitrogens with zero attached hydrogens (tertiary/aromatic N) is 6. The Balaban J connectivity index is 1.79. The molecule has 0 atom stereocenters. The van der Waals surface area contributed by atoms with E-state index in [0.717, 1.165) is 12.8 Å². The summed E-state index contributed by atoms with van der Waals surface area (Å²) in [6.45, 7) is 0. The van der Waals surface area contributed by atoms with Crippen molar-refractivity contribution in [1.82, 2.24) is 30.2 Å². The van der Waals surface area contributed by atoms with Crippen LogP contribution in [0.1, 0.15) is 24.6 Å². The largest absolute Gasteiger partial charge is 0.382 e. The summed E-state index contributed by atoms with van der Waals surface area (Å²) in [5.74, 6) is -0.0955. The Hall–Kier alpha value is -2.03. The van der Waals surface area contributed by atoms with E-state index < -0.39 is 0 Å². The molecule has 0 amide bonds. The van der Waals surface area contributed by atoms with Crippen molar-refractivity contribution in [3.63, 3.8) is 0 Å². The van der Waals surface area contributed by atoms with Crippen LogP contribution in [-0.4, -0.2) is 36.0 Å². The lowest BCUT2D eigenvalue weighted by molar-refractivity contribution is 0.565. The van der Waals surface area contributed by atoms with Crippen molar-refractivity contribution in [2.45, 2.75) is 29.1 Å². The van der Waals surface area contributed by atoms with E-state index >= 15 is 0 Å². The third-order valence-electron chi connectivity index (χ3n) is 2.46. The van der Waals surface area contributed by atoms with Crippen LogP contribution in [0.4, 0.5) is 0 Å². The number of nitrogens with one attached hydrogen (secondary N) is 1. The molecule has 2 heterocycles. The molecule has 2 aromatic heterocycles. The van der Waals surface area contributed by atoms with Gasteiger partial charge in [-0.15, -0.1) is 5.10 Å². The SMILES string of the molecule is N=C(N)c1cnc(Sc2nnnn2C2CC2)cn1. The minimum atomic E-state index is -0.0955. The Morgan fingerprint density at radius 3 is 2.83 bits per heavy atom. The molecular formula is C9H10N8S. The van der Waals surface area contributed by atoms with Gasteiger partial charge in [0.05, 0.1) is 18.4 Å². The number of nitrogens with two attached hydrogens (primary N) is 1. The first-order chi connectivity index (χ1) is 8.74. The van der Waals surface area contributed by atoms with E-state index in [1.54, 1.807) is 6.20 Å². The van der Waals surface area contributed by atoms with Crippen LogP contribution >= 0.6 is 11.8 Å². The highest BCUT2D eigenvalue weighted by Gasteiger charge is 2.28. The van der Waals surface area contributed by atoms with Crippen LogP contribution in [0.5, 0.6) is 0 Å². The number of hydrogen-bond donors (Lipinski definition) is 2. The molecule has 0 saturated heterocycles. The molecule has 0 unspecified atom stereocenters. The van der Waals surface area contributed by atoms with Crippen LogP contribution in [0.2, 0.25) is 0 Å². The highest BCUT2D eigenvalue weighted by Crippen LogP contribution is 2.37. The lowest BCUT2D eigenvalue weighted by atomic mass is 10.4. The van der Waals surface area contributed by atoms with Crippen molar-refractivity contribution >= 4 is 17.6 Å². The fourth-order valence-corrected chi connectivity index (χ4v) is 2.16. The predicted molar refractivity (Wildman–Crippen MR) is 63.3 cm³/mol. The van der Waals surface area contributed by atoms with Crippen LogP contribution in [0.15, 0.2) is 22.6 Å². The van der Waals surface area contributed by atoms with E-state index in [0.29, 0.717) is 21.9 Å². The molecule has 0 aliphatic heterocycles. The Morgan fingerprint density at radius 1 is 1.39 bits per heavy atom. The summed E-state index contributed by atoms with van der Waals surface area (Å²) in [5.41, 5.74) is 5.67. The first-order valence-electron chi connectivity index (χ1n) is 5.36. The summed E-state index contributed by atoms with van der Waals surface area (Å²) in [4.78, 5) is 8.20. The average Bonchev–Trinajstić information content (AvgIpc) is 3.11. The fourth-order valence-electron chi connectivity index (χ4n) is 1.40. The summed E-state index contributed by atoms with van der Waals surface area (Å²) in [6, 6.07) is 0.423. The zero-order chi connectivity index (χ0) is 12.5. The summed E-state index contributed by atoms with van der Waals surface area (Å²) in [6.07, 6.45) is 5.27. The van der Waals surface area contributed by atoms with Gasteiger partial charge in [0.25, 0.3) is 0 Å². The van der Waals surface area contributed by atoms with Gasteiger partial charge in [-0.3, -0.25) is 5.41 Å². The van der Waals surface area contributed by atoms with Gasteiger partial charge >= 0.3 is 0 Å². The molecule has 1 aliphatic carbocycles. The fraction of sp³-hybridized carbons (Fsp3) is 0.333. The number of amidine groups is 1. The quantitative estimate of drug-likeness (QED) is 0.598. The first-order valence-corrected chi connectivity index (χ1v) is 6.18. The molecule has 92 valence electrons. The van der Waals surface area contributed by atoms with E-state index in [9.17, 15) is 0 Å². The molecule has 1 fully saturated rings. The van der Waals surface area contributed by atoms with Crippen LogP contribution in [0.25, 0.3) is 0 Å². The van der Waals surface area contributed by atoms with Crippen LogP contribution in [0.3, 0.4) is 0 Å². The average molecular weight is 262 g/mol. The second-order valence-corrected chi connectivity index (χ2v) is 4.88. The van der Waals surface area contributed by atoms with E-state index in [1.807, 2.05) is 4.68 Å². The van der Waals surface area contributed by atoms with E-state index in [1.165, 1.54) is 18.0 Å². The smallest absolute Gasteiger partial charge is 0.215 e. The maximum atomic E-state index is 7.23. The molecule has 1 saturated carbocycles. The number of aromatic nitrogens is 6. The molecular weight excluding hydrogens is 252 g/mol. The van der Waals surface area contributed by atoms with Crippen LogP contribution in [-0.2, 0) is 0 Å². The van der Waals surface area contributed by atoms with Gasteiger partial charge in [0, 0.05) is 0 Å². The molecule has 2 aromatic rings. The summed E-state index contributed by atoms with van der Waals surface area (Å²) in [5, 5.41) is 20.2. The minimum Gasteiger partial charge on any atom is -0.382 e. The van der Waals surface area contributed by atoms with Gasteiger partial charge in [0.2, 0.25) is 5.16 Å². The molecule has 3 N–H and O–H groups in total. The Kier molecular flexibility index (Phi) is 2.67.